The maximum absolute atomic E-state index is 12.8. The SMILES string of the molecule is O=C(COC(=O)c1cc(-c2ccc(Cl)cc2)nc2ccccc12)NC[C@@H]1CCCO1. The van der Waals surface area contributed by atoms with E-state index in [0.29, 0.717) is 33.7 Å². The summed E-state index contributed by atoms with van der Waals surface area (Å²) < 4.78 is 10.8. The molecule has 30 heavy (non-hydrogen) atoms. The first-order chi connectivity index (χ1) is 14.6. The minimum Gasteiger partial charge on any atom is -0.452 e. The van der Waals surface area contributed by atoms with E-state index in [-0.39, 0.29) is 18.6 Å². The van der Waals surface area contributed by atoms with Crippen molar-refractivity contribution in [1.82, 2.24) is 10.3 Å². The Balaban J connectivity index is 1.50. The number of nitrogens with one attached hydrogen (secondary N) is 1. The highest BCUT2D eigenvalue weighted by molar-refractivity contribution is 6.30. The smallest absolute Gasteiger partial charge is 0.339 e. The van der Waals surface area contributed by atoms with E-state index in [4.69, 9.17) is 21.1 Å². The van der Waals surface area contributed by atoms with Crippen molar-refractivity contribution in [2.45, 2.75) is 18.9 Å². The normalized spacial score (nSPS) is 15.8. The molecule has 1 atom stereocenters. The molecule has 3 aromatic rings. The molecule has 1 fully saturated rings. The molecule has 0 radical (unpaired) electrons. The van der Waals surface area contributed by atoms with E-state index in [9.17, 15) is 9.59 Å². The first-order valence-corrected chi connectivity index (χ1v) is 10.2. The number of esters is 1. The largest absolute Gasteiger partial charge is 0.452 e. The molecule has 1 aliphatic rings. The van der Waals surface area contributed by atoms with E-state index in [2.05, 4.69) is 10.3 Å². The second-order valence-corrected chi connectivity index (χ2v) is 7.53. The molecule has 0 bridgehead atoms. The molecule has 154 valence electrons. The van der Waals surface area contributed by atoms with Crippen molar-refractivity contribution in [3.05, 3.63) is 65.2 Å². The van der Waals surface area contributed by atoms with Crippen LogP contribution in [0.5, 0.6) is 0 Å². The van der Waals surface area contributed by atoms with E-state index in [0.717, 1.165) is 25.0 Å². The molecule has 1 N–H and O–H groups in total. The van der Waals surface area contributed by atoms with Crippen LogP contribution in [0.15, 0.2) is 54.6 Å². The average molecular weight is 425 g/mol. The van der Waals surface area contributed by atoms with Crippen LogP contribution in [0.1, 0.15) is 23.2 Å². The van der Waals surface area contributed by atoms with Crippen LogP contribution in [0.25, 0.3) is 22.2 Å². The summed E-state index contributed by atoms with van der Waals surface area (Å²) in [6, 6.07) is 16.2. The maximum Gasteiger partial charge on any atom is 0.339 e. The fourth-order valence-corrected chi connectivity index (χ4v) is 3.53. The number of amides is 1. The molecule has 2 heterocycles. The lowest BCUT2D eigenvalue weighted by atomic mass is 10.0. The highest BCUT2D eigenvalue weighted by atomic mass is 35.5. The molecule has 1 aliphatic heterocycles. The number of para-hydroxylation sites is 1. The molecule has 1 saturated heterocycles. The zero-order valence-corrected chi connectivity index (χ0v) is 17.0. The van der Waals surface area contributed by atoms with Gasteiger partial charge in [0.2, 0.25) is 0 Å². The van der Waals surface area contributed by atoms with Gasteiger partial charge < -0.3 is 14.8 Å². The maximum atomic E-state index is 12.8. The van der Waals surface area contributed by atoms with E-state index in [1.807, 2.05) is 36.4 Å². The van der Waals surface area contributed by atoms with E-state index in [1.165, 1.54) is 0 Å². The Bertz CT molecular complexity index is 1060. The Kier molecular flexibility index (Phi) is 6.26. The van der Waals surface area contributed by atoms with Crippen molar-refractivity contribution in [2.24, 2.45) is 0 Å². The number of carbonyl (C=O) groups is 2. The van der Waals surface area contributed by atoms with E-state index in [1.54, 1.807) is 18.2 Å². The Morgan fingerprint density at radius 2 is 1.97 bits per heavy atom. The number of aromatic nitrogens is 1. The highest BCUT2D eigenvalue weighted by Gasteiger charge is 2.19. The van der Waals surface area contributed by atoms with Gasteiger partial charge in [-0.3, -0.25) is 4.79 Å². The number of benzene rings is 2. The summed E-state index contributed by atoms with van der Waals surface area (Å²) in [6.07, 6.45) is 1.97. The van der Waals surface area contributed by atoms with Crippen LogP contribution in [0.2, 0.25) is 5.02 Å². The molecule has 0 aliphatic carbocycles. The van der Waals surface area contributed by atoms with Crippen molar-refractivity contribution in [3.8, 4) is 11.3 Å². The van der Waals surface area contributed by atoms with Crippen LogP contribution in [-0.4, -0.2) is 42.7 Å². The van der Waals surface area contributed by atoms with Crippen LogP contribution in [0.3, 0.4) is 0 Å². The second-order valence-electron chi connectivity index (χ2n) is 7.09. The summed E-state index contributed by atoms with van der Waals surface area (Å²) in [5.74, 6) is -0.925. The Hall–Kier alpha value is -2.96. The Morgan fingerprint density at radius 3 is 2.73 bits per heavy atom. The minimum atomic E-state index is -0.573. The minimum absolute atomic E-state index is 0.0377. The lowest BCUT2D eigenvalue weighted by Crippen LogP contribution is -2.34. The Morgan fingerprint density at radius 1 is 1.17 bits per heavy atom. The summed E-state index contributed by atoms with van der Waals surface area (Å²) in [5, 5.41) is 4.03. The molecule has 1 aromatic heterocycles. The fourth-order valence-electron chi connectivity index (χ4n) is 3.41. The zero-order valence-electron chi connectivity index (χ0n) is 16.3. The summed E-state index contributed by atoms with van der Waals surface area (Å²) in [4.78, 5) is 29.5. The average Bonchev–Trinajstić information content (AvgIpc) is 3.29. The topological polar surface area (TPSA) is 77.5 Å². The van der Waals surface area contributed by atoms with Crippen LogP contribution in [-0.2, 0) is 14.3 Å². The van der Waals surface area contributed by atoms with Gasteiger partial charge in [0.15, 0.2) is 6.61 Å². The number of halogens is 1. The predicted octanol–water partition coefficient (Wildman–Crippen LogP) is 4.01. The van der Waals surface area contributed by atoms with Crippen molar-refractivity contribution in [3.63, 3.8) is 0 Å². The summed E-state index contributed by atoms with van der Waals surface area (Å²) in [6.45, 7) is 0.800. The van der Waals surface area contributed by atoms with Crippen LogP contribution < -0.4 is 5.32 Å². The number of fused-ring (bicyclic) bond motifs is 1. The number of hydrogen-bond donors (Lipinski definition) is 1. The molecule has 0 saturated carbocycles. The first kappa shape index (κ1) is 20.3. The lowest BCUT2D eigenvalue weighted by Gasteiger charge is -2.12. The molecule has 1 amide bonds. The number of pyridine rings is 1. The van der Waals surface area contributed by atoms with Crippen LogP contribution in [0.4, 0.5) is 0 Å². The van der Waals surface area contributed by atoms with E-state index < -0.39 is 5.97 Å². The molecular formula is C23H21ClN2O4. The zero-order chi connectivity index (χ0) is 20.9. The summed E-state index contributed by atoms with van der Waals surface area (Å²) >= 11 is 5.97. The van der Waals surface area contributed by atoms with Gasteiger partial charge in [-0.2, -0.15) is 0 Å². The van der Waals surface area contributed by atoms with Crippen molar-refractivity contribution in [1.29, 1.82) is 0 Å². The van der Waals surface area contributed by atoms with Gasteiger partial charge in [0.05, 0.1) is 22.9 Å². The van der Waals surface area contributed by atoms with Gasteiger partial charge >= 0.3 is 5.97 Å². The van der Waals surface area contributed by atoms with Crippen molar-refractivity contribution in [2.75, 3.05) is 19.8 Å². The third-order valence-electron chi connectivity index (χ3n) is 4.96. The molecular weight excluding hydrogens is 404 g/mol. The molecule has 4 rings (SSSR count). The van der Waals surface area contributed by atoms with Gasteiger partial charge in [0.25, 0.3) is 5.91 Å². The van der Waals surface area contributed by atoms with Gasteiger partial charge in [-0.1, -0.05) is 41.9 Å². The molecule has 7 heteroatoms. The standard InChI is InChI=1S/C23H21ClN2O4/c24-16-9-7-15(8-10-16)21-12-19(18-5-1-2-6-20(18)26-21)23(28)30-14-22(27)25-13-17-4-3-11-29-17/h1-2,5-10,12,17H,3-4,11,13-14H2,(H,25,27)/t17-/m0/s1. The molecule has 0 spiro atoms. The first-order valence-electron chi connectivity index (χ1n) is 9.81. The number of nitrogens with zero attached hydrogens (tertiary/aromatic N) is 1. The lowest BCUT2D eigenvalue weighted by molar-refractivity contribution is -0.124. The quantitative estimate of drug-likeness (QED) is 0.605. The fraction of sp³-hybridized carbons (Fsp3) is 0.261. The molecule has 0 unspecified atom stereocenters. The monoisotopic (exact) mass is 424 g/mol. The van der Waals surface area contributed by atoms with Gasteiger partial charge in [-0.15, -0.1) is 0 Å². The third-order valence-corrected chi connectivity index (χ3v) is 5.21. The van der Waals surface area contributed by atoms with Crippen molar-refractivity contribution < 1.29 is 19.1 Å². The van der Waals surface area contributed by atoms with Crippen LogP contribution >= 0.6 is 11.6 Å². The van der Waals surface area contributed by atoms with Gasteiger partial charge in [-0.05, 0) is 37.1 Å². The number of carbonyl (C=O) groups excluding carboxylic acids is 2. The van der Waals surface area contributed by atoms with Gasteiger partial charge in [0.1, 0.15) is 0 Å². The Labute approximate surface area is 179 Å². The second kappa shape index (κ2) is 9.24. The van der Waals surface area contributed by atoms with Gasteiger partial charge in [-0.25, -0.2) is 9.78 Å². The number of hydrogen-bond acceptors (Lipinski definition) is 5. The molecule has 6 nitrogen and oxygen atoms in total. The van der Waals surface area contributed by atoms with Crippen molar-refractivity contribution >= 4 is 34.4 Å². The third kappa shape index (κ3) is 4.78. The highest BCUT2D eigenvalue weighted by Crippen LogP contribution is 2.26. The summed E-state index contributed by atoms with van der Waals surface area (Å²) in [5.41, 5.74) is 2.48. The number of rotatable bonds is 6. The number of ether oxygens (including phenoxy) is 2. The predicted molar refractivity (Wildman–Crippen MR) is 114 cm³/mol. The van der Waals surface area contributed by atoms with Crippen LogP contribution in [0, 0.1) is 0 Å². The van der Waals surface area contributed by atoms with Gasteiger partial charge in [0, 0.05) is 29.1 Å². The summed E-state index contributed by atoms with van der Waals surface area (Å²) in [7, 11) is 0. The van der Waals surface area contributed by atoms with E-state index >= 15 is 0 Å². The molecule has 2 aromatic carbocycles.